The maximum Gasteiger partial charge on any atom is 0.242 e. The number of hydrogen-bond donors (Lipinski definition) is 3. The highest BCUT2D eigenvalue weighted by atomic mass is 32.2. The molecule has 0 unspecified atom stereocenters. The molecule has 2 aromatic rings. The van der Waals surface area contributed by atoms with Gasteiger partial charge in [-0.1, -0.05) is 0 Å². The molecular weight excluding hydrogens is 290 g/mol. The van der Waals surface area contributed by atoms with Crippen molar-refractivity contribution < 1.29 is 13.5 Å². The van der Waals surface area contributed by atoms with E-state index in [0.717, 1.165) is 12.8 Å². The highest BCUT2D eigenvalue weighted by molar-refractivity contribution is 7.89. The number of aliphatic hydroxyl groups is 1. The normalized spacial score (nSPS) is 17.0. The molecule has 1 aliphatic rings. The zero-order valence-electron chi connectivity index (χ0n) is 11.4. The third-order valence-electron chi connectivity index (χ3n) is 3.99. The Labute approximate surface area is 123 Å². The monoisotopic (exact) mass is 307 g/mol. The van der Waals surface area contributed by atoms with Crippen molar-refractivity contribution in [2.75, 3.05) is 18.9 Å². The van der Waals surface area contributed by atoms with Crippen LogP contribution in [0.1, 0.15) is 12.8 Å². The molecule has 1 aliphatic carbocycles. The molecule has 0 amide bonds. The molecule has 21 heavy (non-hydrogen) atoms. The number of nitrogen functional groups attached to an aromatic ring is 1. The fraction of sp³-hybridized carbons (Fsp3) is 0.357. The molecule has 1 aromatic carbocycles. The van der Waals surface area contributed by atoms with Gasteiger partial charge in [0, 0.05) is 35.8 Å². The molecule has 0 spiro atoms. The Balaban J connectivity index is 1.97. The number of nitrogens with one attached hydrogen (secondary N) is 1. The zero-order chi connectivity index (χ0) is 15.1. The van der Waals surface area contributed by atoms with Crippen LogP contribution in [0.15, 0.2) is 35.4 Å². The summed E-state index contributed by atoms with van der Waals surface area (Å²) < 4.78 is 27.5. The van der Waals surface area contributed by atoms with E-state index in [2.05, 4.69) is 9.71 Å². The number of nitrogens with two attached hydrogens (primary N) is 1. The van der Waals surface area contributed by atoms with Gasteiger partial charge in [0.1, 0.15) is 4.90 Å². The first-order valence-corrected chi connectivity index (χ1v) is 8.20. The Bertz CT molecular complexity index is 785. The minimum Gasteiger partial charge on any atom is -0.398 e. The van der Waals surface area contributed by atoms with Crippen molar-refractivity contribution in [1.29, 1.82) is 0 Å². The van der Waals surface area contributed by atoms with E-state index in [1.807, 2.05) is 0 Å². The van der Waals surface area contributed by atoms with Crippen molar-refractivity contribution >= 4 is 26.6 Å². The summed E-state index contributed by atoms with van der Waals surface area (Å²) in [5, 5.41) is 9.88. The molecule has 1 fully saturated rings. The summed E-state index contributed by atoms with van der Waals surface area (Å²) in [5.41, 5.74) is 6.42. The lowest BCUT2D eigenvalue weighted by Crippen LogP contribution is -2.32. The van der Waals surface area contributed by atoms with Crippen LogP contribution in [0.2, 0.25) is 0 Å². The number of aromatic nitrogens is 1. The summed E-state index contributed by atoms with van der Waals surface area (Å²) in [6.45, 7) is 0.237. The molecule has 0 saturated heterocycles. The molecule has 1 heterocycles. The van der Waals surface area contributed by atoms with Crippen LogP contribution < -0.4 is 10.5 Å². The number of benzene rings is 1. The molecule has 7 heteroatoms. The van der Waals surface area contributed by atoms with E-state index >= 15 is 0 Å². The molecule has 0 bridgehead atoms. The van der Waals surface area contributed by atoms with Crippen LogP contribution in [0.3, 0.4) is 0 Å². The summed E-state index contributed by atoms with van der Waals surface area (Å²) in [7, 11) is -3.69. The summed E-state index contributed by atoms with van der Waals surface area (Å²) in [4.78, 5) is 4.25. The molecule has 6 nitrogen and oxygen atoms in total. The number of anilines is 1. The number of sulfonamides is 1. The Hall–Kier alpha value is -1.70. The number of nitrogens with zero attached hydrogens (tertiary/aromatic N) is 1. The maximum atomic E-state index is 12.5. The average molecular weight is 307 g/mol. The quantitative estimate of drug-likeness (QED) is 0.711. The van der Waals surface area contributed by atoms with Gasteiger partial charge in [-0.15, -0.1) is 0 Å². The van der Waals surface area contributed by atoms with Gasteiger partial charge in [-0.2, -0.15) is 0 Å². The predicted molar refractivity (Wildman–Crippen MR) is 80.1 cm³/mol. The van der Waals surface area contributed by atoms with E-state index in [1.165, 1.54) is 12.3 Å². The van der Waals surface area contributed by atoms with Crippen LogP contribution in [0.4, 0.5) is 5.69 Å². The predicted octanol–water partition coefficient (Wildman–Crippen LogP) is 0.868. The van der Waals surface area contributed by atoms with Crippen LogP contribution in [0, 0.1) is 5.41 Å². The van der Waals surface area contributed by atoms with Gasteiger partial charge in [0.15, 0.2) is 0 Å². The molecule has 3 rings (SSSR count). The van der Waals surface area contributed by atoms with Gasteiger partial charge >= 0.3 is 0 Å². The lowest BCUT2D eigenvalue weighted by Gasteiger charge is -2.14. The largest absolute Gasteiger partial charge is 0.398 e. The molecule has 1 saturated carbocycles. The average Bonchev–Trinajstić information content (AvgIpc) is 3.26. The van der Waals surface area contributed by atoms with Crippen LogP contribution in [-0.4, -0.2) is 31.7 Å². The lowest BCUT2D eigenvalue weighted by molar-refractivity contribution is 0.213. The minimum atomic E-state index is -3.69. The van der Waals surface area contributed by atoms with Gasteiger partial charge in [0.25, 0.3) is 0 Å². The molecule has 0 radical (unpaired) electrons. The smallest absolute Gasteiger partial charge is 0.242 e. The van der Waals surface area contributed by atoms with Gasteiger partial charge in [-0.3, -0.25) is 4.98 Å². The molecule has 112 valence electrons. The zero-order valence-corrected chi connectivity index (χ0v) is 12.2. The van der Waals surface area contributed by atoms with E-state index in [4.69, 9.17) is 5.73 Å². The number of rotatable bonds is 5. The SMILES string of the molecule is Nc1ccc(S(=O)(=O)NCC2(CO)CC2)c2ncccc12. The Morgan fingerprint density at radius 2 is 2.10 bits per heavy atom. The van der Waals surface area contributed by atoms with Gasteiger partial charge in [0.2, 0.25) is 10.0 Å². The number of pyridine rings is 1. The molecule has 0 atom stereocenters. The summed E-state index contributed by atoms with van der Waals surface area (Å²) >= 11 is 0. The van der Waals surface area contributed by atoms with Gasteiger partial charge in [0.05, 0.1) is 5.52 Å². The van der Waals surface area contributed by atoms with Gasteiger partial charge in [-0.25, -0.2) is 13.1 Å². The maximum absolute atomic E-state index is 12.5. The summed E-state index contributed by atoms with van der Waals surface area (Å²) in [5.74, 6) is 0. The highest BCUT2D eigenvalue weighted by Crippen LogP contribution is 2.44. The third-order valence-corrected chi connectivity index (χ3v) is 5.42. The van der Waals surface area contributed by atoms with E-state index in [9.17, 15) is 13.5 Å². The first-order valence-electron chi connectivity index (χ1n) is 6.71. The first-order chi connectivity index (χ1) is 9.97. The van der Waals surface area contributed by atoms with Crippen molar-refractivity contribution in [2.24, 2.45) is 5.41 Å². The molecule has 0 aliphatic heterocycles. The molecule has 1 aromatic heterocycles. The van der Waals surface area contributed by atoms with Gasteiger partial charge in [-0.05, 0) is 37.1 Å². The van der Waals surface area contributed by atoms with Crippen molar-refractivity contribution in [3.8, 4) is 0 Å². The standard InChI is InChI=1S/C14H17N3O3S/c15-11-3-4-12(13-10(11)2-1-7-16-13)21(19,20)17-8-14(9-18)5-6-14/h1-4,7,17-18H,5-6,8-9,15H2. The van der Waals surface area contributed by atoms with Gasteiger partial charge < -0.3 is 10.8 Å². The Morgan fingerprint density at radius 1 is 1.33 bits per heavy atom. The van der Waals surface area contributed by atoms with E-state index < -0.39 is 10.0 Å². The second kappa shape index (κ2) is 4.94. The van der Waals surface area contributed by atoms with Crippen LogP contribution in [0.25, 0.3) is 10.9 Å². The molecular formula is C14H17N3O3S. The van der Waals surface area contributed by atoms with E-state index in [1.54, 1.807) is 18.2 Å². The van der Waals surface area contributed by atoms with Crippen LogP contribution >= 0.6 is 0 Å². The fourth-order valence-electron chi connectivity index (χ4n) is 2.28. The molecule has 4 N–H and O–H groups in total. The summed E-state index contributed by atoms with van der Waals surface area (Å²) in [6, 6.07) is 6.49. The van der Waals surface area contributed by atoms with Crippen molar-refractivity contribution in [3.05, 3.63) is 30.5 Å². The Morgan fingerprint density at radius 3 is 2.76 bits per heavy atom. The lowest BCUT2D eigenvalue weighted by atomic mass is 10.1. The minimum absolute atomic E-state index is 0.00371. The number of hydrogen-bond acceptors (Lipinski definition) is 5. The van der Waals surface area contributed by atoms with Crippen LogP contribution in [0.5, 0.6) is 0 Å². The Kier molecular flexibility index (Phi) is 3.35. The first kappa shape index (κ1) is 14.2. The topological polar surface area (TPSA) is 105 Å². The second-order valence-electron chi connectivity index (χ2n) is 5.54. The number of aliphatic hydroxyl groups excluding tert-OH is 1. The summed E-state index contributed by atoms with van der Waals surface area (Å²) in [6.07, 6.45) is 3.22. The highest BCUT2D eigenvalue weighted by Gasteiger charge is 2.42. The van der Waals surface area contributed by atoms with Crippen molar-refractivity contribution in [3.63, 3.8) is 0 Å². The third kappa shape index (κ3) is 2.59. The van der Waals surface area contributed by atoms with Crippen molar-refractivity contribution in [1.82, 2.24) is 9.71 Å². The van der Waals surface area contributed by atoms with E-state index in [-0.39, 0.29) is 23.5 Å². The van der Waals surface area contributed by atoms with E-state index in [0.29, 0.717) is 16.6 Å². The number of fused-ring (bicyclic) bond motifs is 1. The second-order valence-corrected chi connectivity index (χ2v) is 7.27. The van der Waals surface area contributed by atoms with Crippen molar-refractivity contribution in [2.45, 2.75) is 17.7 Å². The fourth-order valence-corrected chi connectivity index (χ4v) is 3.60. The van der Waals surface area contributed by atoms with Crippen LogP contribution in [-0.2, 0) is 10.0 Å².